The summed E-state index contributed by atoms with van der Waals surface area (Å²) in [7, 11) is 7.00. The number of hydrogen-bond acceptors (Lipinski definition) is 9. The van der Waals surface area contributed by atoms with Crippen LogP contribution in [0.1, 0.15) is 80.1 Å². The molecule has 1 aliphatic carbocycles. The molecule has 5 aromatic rings. The molecular formula is C57H76ClN7O7Si. The third-order valence-electron chi connectivity index (χ3n) is 14.6. The monoisotopic (exact) mass is 1030 g/mol. The molecule has 14 nitrogen and oxygen atoms in total. The second kappa shape index (κ2) is 24.9. The van der Waals surface area contributed by atoms with Crippen molar-refractivity contribution in [1.82, 2.24) is 34.9 Å². The number of rotatable bonds is 24. The van der Waals surface area contributed by atoms with E-state index in [0.717, 1.165) is 64.3 Å². The minimum Gasteiger partial charge on any atom is -0.481 e. The first-order chi connectivity index (χ1) is 34.5. The van der Waals surface area contributed by atoms with Gasteiger partial charge in [-0.05, 0) is 129 Å². The Kier molecular flexibility index (Phi) is 19.3. The number of amides is 3. The van der Waals surface area contributed by atoms with Crippen LogP contribution in [-0.4, -0.2) is 121 Å². The van der Waals surface area contributed by atoms with E-state index in [0.29, 0.717) is 35.9 Å². The van der Waals surface area contributed by atoms with Crippen molar-refractivity contribution in [3.63, 3.8) is 0 Å². The topological polar surface area (TPSA) is 159 Å². The van der Waals surface area contributed by atoms with Gasteiger partial charge in [0.15, 0.2) is 8.32 Å². The van der Waals surface area contributed by atoms with E-state index in [1.165, 1.54) is 0 Å². The number of hydrogen-bond donors (Lipinski definition) is 3. The number of aliphatic carboxylic acids is 1. The van der Waals surface area contributed by atoms with Crippen LogP contribution >= 0.6 is 11.6 Å². The Labute approximate surface area is 438 Å². The number of likely N-dealkylation sites (N-methyl/N-ethyl adjacent to an activating group) is 2. The summed E-state index contributed by atoms with van der Waals surface area (Å²) < 4.78 is 15.2. The van der Waals surface area contributed by atoms with Gasteiger partial charge in [-0.1, -0.05) is 87.8 Å². The SMILES string of the molecule is CCc1ccc(CNCC(=O)N[C@@H](CO[Si](C)(C)C(C)(C)C)C(=O)N(C)C(Cc2ccc(Cl)cc2)CN(C)C(=O)[C@@H](CC(=O)O)[C@@H]2CCc3ccccc32)c(Oc2ccc(-c3cnc(CN(C)C)n3C)cc2)c1. The molecule has 1 unspecified atom stereocenters. The Balaban J connectivity index is 1.18. The number of benzene rings is 4. The van der Waals surface area contributed by atoms with Gasteiger partial charge in [0.05, 0.1) is 50.0 Å². The molecule has 0 radical (unpaired) electrons. The van der Waals surface area contributed by atoms with Crippen molar-refractivity contribution in [2.75, 3.05) is 47.9 Å². The molecule has 0 bridgehead atoms. The molecule has 392 valence electrons. The fourth-order valence-corrected chi connectivity index (χ4v) is 10.3. The Morgan fingerprint density at radius 3 is 2.27 bits per heavy atom. The first-order valence-electron chi connectivity index (χ1n) is 25.3. The summed E-state index contributed by atoms with van der Waals surface area (Å²) >= 11 is 6.29. The lowest BCUT2D eigenvalue weighted by Crippen LogP contribution is -2.57. The number of aryl methyl sites for hydroxylation is 2. The summed E-state index contributed by atoms with van der Waals surface area (Å²) in [5.74, 6) is -0.845. The zero-order valence-electron chi connectivity index (χ0n) is 44.6. The van der Waals surface area contributed by atoms with Crippen LogP contribution in [0.15, 0.2) is 97.2 Å². The standard InChI is InChI=1S/C57H76ClN7O7Si/c1-12-38-17-20-42(51(30-38)72-45-26-21-41(22-27-45)50-33-60-52(65(50)9)36-62(5)6)32-59-34-53(66)61-49(37-71-73(10,11)57(2,3)4)56(70)64(8)44(29-39-18-24-43(58)25-19-39)35-63(7)55(69)48(31-54(67)68)47-28-23-40-15-13-14-16-46(40)47/h13-22,24-27,30,33,44,47-49,59H,12,23,28-29,31-32,34-37H2,1-11H3,(H,61,66)(H,67,68)/t44?,47-,48+,49+/m1/s1. The van der Waals surface area contributed by atoms with Crippen molar-refractivity contribution in [2.45, 2.75) is 109 Å². The third kappa shape index (κ3) is 14.9. The molecule has 4 aromatic carbocycles. The van der Waals surface area contributed by atoms with Gasteiger partial charge >= 0.3 is 5.97 Å². The van der Waals surface area contributed by atoms with E-state index in [9.17, 15) is 24.3 Å². The van der Waals surface area contributed by atoms with Crippen LogP contribution in [0.4, 0.5) is 0 Å². The summed E-state index contributed by atoms with van der Waals surface area (Å²) in [5.41, 5.74) is 7.01. The first-order valence-corrected chi connectivity index (χ1v) is 28.6. The predicted octanol–water partition coefficient (Wildman–Crippen LogP) is 9.10. The van der Waals surface area contributed by atoms with Gasteiger partial charge in [-0.2, -0.15) is 0 Å². The van der Waals surface area contributed by atoms with Gasteiger partial charge in [0.1, 0.15) is 23.4 Å². The van der Waals surface area contributed by atoms with Gasteiger partial charge in [-0.15, -0.1) is 0 Å². The number of fused-ring (bicyclic) bond motifs is 1. The highest BCUT2D eigenvalue weighted by Crippen LogP contribution is 2.41. The molecule has 1 aliphatic rings. The first kappa shape index (κ1) is 56.5. The van der Waals surface area contributed by atoms with E-state index in [4.69, 9.17) is 20.8 Å². The lowest BCUT2D eigenvalue weighted by atomic mass is 9.84. The molecule has 73 heavy (non-hydrogen) atoms. The Morgan fingerprint density at radius 2 is 1.62 bits per heavy atom. The molecule has 1 heterocycles. The summed E-state index contributed by atoms with van der Waals surface area (Å²) in [4.78, 5) is 65.6. The smallest absolute Gasteiger partial charge is 0.304 e. The molecule has 0 saturated heterocycles. The van der Waals surface area contributed by atoms with Crippen LogP contribution in [0.3, 0.4) is 0 Å². The van der Waals surface area contributed by atoms with Gasteiger partial charge in [-0.3, -0.25) is 19.2 Å². The molecule has 16 heteroatoms. The maximum absolute atomic E-state index is 14.9. The summed E-state index contributed by atoms with van der Waals surface area (Å²) in [6.45, 7) is 13.6. The maximum atomic E-state index is 14.9. The minimum atomic E-state index is -2.41. The largest absolute Gasteiger partial charge is 0.481 e. The van der Waals surface area contributed by atoms with Gasteiger partial charge in [0.2, 0.25) is 17.7 Å². The van der Waals surface area contributed by atoms with Crippen molar-refractivity contribution >= 4 is 43.6 Å². The van der Waals surface area contributed by atoms with Crippen LogP contribution in [0.2, 0.25) is 23.2 Å². The zero-order valence-corrected chi connectivity index (χ0v) is 46.4. The Bertz CT molecular complexity index is 2690. The normalized spacial score (nSPS) is 14.8. The number of nitrogens with one attached hydrogen (secondary N) is 2. The second-order valence-electron chi connectivity index (χ2n) is 21.3. The third-order valence-corrected chi connectivity index (χ3v) is 19.4. The van der Waals surface area contributed by atoms with Crippen LogP contribution in [0.5, 0.6) is 11.5 Å². The number of carboxylic acid groups (broad SMARTS) is 1. The van der Waals surface area contributed by atoms with E-state index < -0.39 is 38.2 Å². The second-order valence-corrected chi connectivity index (χ2v) is 26.5. The fourth-order valence-electron chi connectivity index (χ4n) is 9.19. The zero-order chi connectivity index (χ0) is 53.2. The van der Waals surface area contributed by atoms with Crippen LogP contribution in [-0.2, 0) is 63.0 Å². The van der Waals surface area contributed by atoms with Gasteiger partial charge in [0.25, 0.3) is 0 Å². The van der Waals surface area contributed by atoms with Crippen molar-refractivity contribution in [3.8, 4) is 22.8 Å². The molecule has 6 rings (SSSR count). The fraction of sp³-hybridized carbons (Fsp3) is 0.456. The lowest BCUT2D eigenvalue weighted by molar-refractivity contribution is -0.145. The average Bonchev–Trinajstić information content (AvgIpc) is 3.94. The summed E-state index contributed by atoms with van der Waals surface area (Å²) in [6.07, 6.45) is 4.19. The van der Waals surface area contributed by atoms with Gasteiger partial charge in [-0.25, -0.2) is 4.98 Å². The van der Waals surface area contributed by atoms with Crippen molar-refractivity contribution < 1.29 is 33.4 Å². The number of ether oxygens (including phenoxy) is 1. The predicted molar refractivity (Wildman–Crippen MR) is 291 cm³/mol. The average molecular weight is 1030 g/mol. The van der Waals surface area contributed by atoms with E-state index in [2.05, 4.69) is 71.9 Å². The Hall–Kier alpha value is -5.84. The van der Waals surface area contributed by atoms with E-state index in [1.54, 1.807) is 36.0 Å². The highest BCUT2D eigenvalue weighted by Gasteiger charge is 2.41. The highest BCUT2D eigenvalue weighted by atomic mass is 35.5. The molecule has 4 atom stereocenters. The lowest BCUT2D eigenvalue weighted by Gasteiger charge is -2.39. The van der Waals surface area contributed by atoms with E-state index in [-0.39, 0.29) is 48.9 Å². The molecule has 0 spiro atoms. The van der Waals surface area contributed by atoms with Gasteiger partial charge in [0, 0.05) is 50.4 Å². The number of imidazole rings is 1. The number of halogens is 1. The molecule has 1 aromatic heterocycles. The van der Waals surface area contributed by atoms with E-state index in [1.807, 2.05) is 100 Å². The molecule has 0 saturated carbocycles. The number of aromatic nitrogens is 2. The maximum Gasteiger partial charge on any atom is 0.304 e. The molecule has 0 fully saturated rings. The molecule has 3 amide bonds. The minimum absolute atomic E-state index is 0.0529. The molecular weight excluding hydrogens is 958 g/mol. The number of nitrogens with zero attached hydrogens (tertiary/aromatic N) is 5. The molecule has 3 N–H and O–H groups in total. The molecule has 0 aliphatic heterocycles. The van der Waals surface area contributed by atoms with Gasteiger partial charge < -0.3 is 44.2 Å². The Morgan fingerprint density at radius 1 is 0.932 bits per heavy atom. The number of carbonyl (C=O) groups excluding carboxylic acids is 3. The van der Waals surface area contributed by atoms with Crippen molar-refractivity contribution in [2.24, 2.45) is 13.0 Å². The highest BCUT2D eigenvalue weighted by molar-refractivity contribution is 6.74. The van der Waals surface area contributed by atoms with Crippen LogP contribution in [0.25, 0.3) is 11.3 Å². The quantitative estimate of drug-likeness (QED) is 0.0510. The number of carboxylic acids is 1. The summed E-state index contributed by atoms with van der Waals surface area (Å²) in [5, 5.41) is 16.7. The van der Waals surface area contributed by atoms with Crippen molar-refractivity contribution in [3.05, 3.63) is 136 Å². The number of carbonyl (C=O) groups is 4. The van der Waals surface area contributed by atoms with E-state index >= 15 is 0 Å². The summed E-state index contributed by atoms with van der Waals surface area (Å²) in [6, 6.07) is 27.6. The van der Waals surface area contributed by atoms with Crippen molar-refractivity contribution in [1.29, 1.82) is 0 Å². The van der Waals surface area contributed by atoms with Crippen LogP contribution in [0, 0.1) is 5.92 Å². The van der Waals surface area contributed by atoms with Crippen LogP contribution < -0.4 is 15.4 Å².